The maximum Gasteiger partial charge on any atom is 0.270 e. The summed E-state index contributed by atoms with van der Waals surface area (Å²) in [6.07, 6.45) is 5.20. The van der Waals surface area contributed by atoms with Gasteiger partial charge >= 0.3 is 0 Å². The normalized spacial score (nSPS) is 32.4. The van der Waals surface area contributed by atoms with E-state index in [0.717, 1.165) is 25.7 Å². The molecule has 0 aromatic rings. The van der Waals surface area contributed by atoms with Crippen molar-refractivity contribution in [2.24, 2.45) is 11.0 Å². The van der Waals surface area contributed by atoms with Crippen LogP contribution in [0.5, 0.6) is 0 Å². The number of hydrazone groups is 1. The first-order valence-electron chi connectivity index (χ1n) is 9.14. The van der Waals surface area contributed by atoms with Gasteiger partial charge in [0, 0.05) is 25.9 Å². The summed E-state index contributed by atoms with van der Waals surface area (Å²) in [5.41, 5.74) is 0.380. The third-order valence-corrected chi connectivity index (χ3v) is 7.46. The van der Waals surface area contributed by atoms with Crippen LogP contribution in [0.3, 0.4) is 0 Å². The molecule has 0 spiro atoms. The van der Waals surface area contributed by atoms with Crippen LogP contribution < -0.4 is 0 Å². The van der Waals surface area contributed by atoms with E-state index in [4.69, 9.17) is 0 Å². The van der Waals surface area contributed by atoms with Crippen molar-refractivity contribution in [1.29, 1.82) is 0 Å². The van der Waals surface area contributed by atoms with E-state index in [-0.39, 0.29) is 35.8 Å². The molecular formula is C17H27N3O4S. The summed E-state index contributed by atoms with van der Waals surface area (Å²) < 4.78 is 23.4. The highest BCUT2D eigenvalue weighted by Crippen LogP contribution is 2.27. The molecule has 2 aliphatic heterocycles. The van der Waals surface area contributed by atoms with Crippen molar-refractivity contribution >= 4 is 27.4 Å². The molecule has 1 atom stereocenters. The highest BCUT2D eigenvalue weighted by Gasteiger charge is 2.38. The fourth-order valence-electron chi connectivity index (χ4n) is 3.98. The fraction of sp³-hybridized carbons (Fsp3) is 0.824. The van der Waals surface area contributed by atoms with Crippen LogP contribution in [0.1, 0.15) is 51.9 Å². The Bertz CT molecular complexity index is 680. The third kappa shape index (κ3) is 4.04. The molecule has 1 aliphatic carbocycles. The predicted octanol–water partition coefficient (Wildman–Crippen LogP) is 1.19. The zero-order valence-corrected chi connectivity index (χ0v) is 15.8. The second kappa shape index (κ2) is 7.05. The smallest absolute Gasteiger partial charge is 0.270 e. The molecular weight excluding hydrogens is 342 g/mol. The van der Waals surface area contributed by atoms with E-state index in [1.165, 1.54) is 5.01 Å². The average Bonchev–Trinajstić information content (AvgIpc) is 2.94. The number of nitrogens with zero attached hydrogens (tertiary/aromatic N) is 3. The molecule has 3 rings (SSSR count). The molecule has 1 saturated carbocycles. The van der Waals surface area contributed by atoms with E-state index in [1.54, 1.807) is 4.90 Å². The molecule has 0 aromatic heterocycles. The van der Waals surface area contributed by atoms with Crippen LogP contribution in [0.4, 0.5) is 0 Å². The molecule has 2 fully saturated rings. The quantitative estimate of drug-likeness (QED) is 0.748. The van der Waals surface area contributed by atoms with Crippen molar-refractivity contribution in [3.63, 3.8) is 0 Å². The van der Waals surface area contributed by atoms with Gasteiger partial charge in [-0.2, -0.15) is 5.10 Å². The van der Waals surface area contributed by atoms with Gasteiger partial charge in [0.15, 0.2) is 9.84 Å². The molecule has 1 saturated heterocycles. The predicted molar refractivity (Wildman–Crippen MR) is 94.8 cm³/mol. The van der Waals surface area contributed by atoms with Gasteiger partial charge in [-0.25, -0.2) is 13.4 Å². The number of hydrogen-bond donors (Lipinski definition) is 0. The van der Waals surface area contributed by atoms with Crippen LogP contribution in [0.25, 0.3) is 0 Å². The summed E-state index contributed by atoms with van der Waals surface area (Å²) in [6.45, 7) is 2.24. The van der Waals surface area contributed by atoms with Crippen molar-refractivity contribution in [3.8, 4) is 0 Å². The van der Waals surface area contributed by atoms with E-state index in [2.05, 4.69) is 12.0 Å². The van der Waals surface area contributed by atoms with Gasteiger partial charge in [0.1, 0.15) is 5.71 Å². The summed E-state index contributed by atoms with van der Waals surface area (Å²) >= 11 is 0. The Morgan fingerprint density at radius 2 is 1.84 bits per heavy atom. The standard InChI is InChI=1S/C17H27N3O4S/c1-12-3-5-13(6-4-12)19(2)17(22)15-7-8-16(21)20(18-15)14-9-10-25(23,24)11-14/h12-14H,3-11H2,1-2H3/t12?,13?,14-/m0/s1. The lowest BCUT2D eigenvalue weighted by Crippen LogP contribution is -2.47. The molecule has 0 unspecified atom stereocenters. The second-order valence-corrected chi connectivity index (χ2v) is 9.90. The zero-order valence-electron chi connectivity index (χ0n) is 15.0. The number of amides is 2. The zero-order chi connectivity index (χ0) is 18.2. The molecule has 7 nitrogen and oxygen atoms in total. The minimum Gasteiger partial charge on any atom is -0.338 e. The Labute approximate surface area is 149 Å². The molecule has 0 bridgehead atoms. The number of carbonyl (C=O) groups is 2. The molecule has 0 aromatic carbocycles. The average molecular weight is 369 g/mol. The summed E-state index contributed by atoms with van der Waals surface area (Å²) in [6, 6.07) is -0.203. The van der Waals surface area contributed by atoms with Gasteiger partial charge in [-0.3, -0.25) is 9.59 Å². The number of rotatable bonds is 3. The van der Waals surface area contributed by atoms with Crippen LogP contribution in [0.15, 0.2) is 5.10 Å². The third-order valence-electron chi connectivity index (χ3n) is 5.71. The lowest BCUT2D eigenvalue weighted by Gasteiger charge is -2.35. The Morgan fingerprint density at radius 3 is 2.44 bits per heavy atom. The molecule has 3 aliphatic rings. The first-order valence-corrected chi connectivity index (χ1v) is 11.0. The van der Waals surface area contributed by atoms with Gasteiger partial charge in [0.2, 0.25) is 5.91 Å². The van der Waals surface area contributed by atoms with Crippen molar-refractivity contribution in [1.82, 2.24) is 9.91 Å². The summed E-state index contributed by atoms with van der Waals surface area (Å²) in [5, 5.41) is 5.55. The monoisotopic (exact) mass is 369 g/mol. The van der Waals surface area contributed by atoms with E-state index in [1.807, 2.05) is 7.05 Å². The highest BCUT2D eigenvalue weighted by molar-refractivity contribution is 7.91. The number of carbonyl (C=O) groups excluding carboxylic acids is 2. The molecule has 0 N–H and O–H groups in total. The molecule has 2 amide bonds. The van der Waals surface area contributed by atoms with Crippen molar-refractivity contribution in [3.05, 3.63) is 0 Å². The van der Waals surface area contributed by atoms with E-state index < -0.39 is 15.9 Å². The van der Waals surface area contributed by atoms with Gasteiger partial charge in [0.25, 0.3) is 5.91 Å². The van der Waals surface area contributed by atoms with E-state index in [9.17, 15) is 18.0 Å². The van der Waals surface area contributed by atoms with Crippen molar-refractivity contribution in [2.45, 2.75) is 64.0 Å². The first kappa shape index (κ1) is 18.4. The van der Waals surface area contributed by atoms with Crippen molar-refractivity contribution in [2.75, 3.05) is 18.6 Å². The van der Waals surface area contributed by atoms with Gasteiger partial charge in [-0.15, -0.1) is 0 Å². The van der Waals surface area contributed by atoms with Crippen LogP contribution in [0, 0.1) is 5.92 Å². The Kier molecular flexibility index (Phi) is 5.18. The van der Waals surface area contributed by atoms with Crippen LogP contribution >= 0.6 is 0 Å². The molecule has 8 heteroatoms. The SMILES string of the molecule is CC1CCC(N(C)C(=O)C2=NN([C@H]3CCS(=O)(=O)C3)C(=O)CC2)CC1. The van der Waals surface area contributed by atoms with Gasteiger partial charge in [0.05, 0.1) is 17.5 Å². The molecule has 0 radical (unpaired) electrons. The van der Waals surface area contributed by atoms with Gasteiger partial charge in [-0.05, 0) is 38.0 Å². The number of sulfone groups is 1. The lowest BCUT2D eigenvalue weighted by atomic mass is 9.86. The summed E-state index contributed by atoms with van der Waals surface area (Å²) in [4.78, 5) is 26.7. The first-order chi connectivity index (χ1) is 11.8. The van der Waals surface area contributed by atoms with Gasteiger partial charge in [-0.1, -0.05) is 6.92 Å². The molecule has 140 valence electrons. The Hall–Kier alpha value is -1.44. The largest absolute Gasteiger partial charge is 0.338 e. The van der Waals surface area contributed by atoms with Crippen molar-refractivity contribution < 1.29 is 18.0 Å². The minimum atomic E-state index is -3.10. The summed E-state index contributed by atoms with van der Waals surface area (Å²) in [5.74, 6) is 0.426. The Morgan fingerprint density at radius 1 is 1.16 bits per heavy atom. The maximum atomic E-state index is 12.8. The summed E-state index contributed by atoms with van der Waals surface area (Å²) in [7, 11) is -1.29. The van der Waals surface area contributed by atoms with Crippen LogP contribution in [-0.2, 0) is 19.4 Å². The molecule has 25 heavy (non-hydrogen) atoms. The highest BCUT2D eigenvalue weighted by atomic mass is 32.2. The lowest BCUT2D eigenvalue weighted by molar-refractivity contribution is -0.134. The van der Waals surface area contributed by atoms with Crippen LogP contribution in [0.2, 0.25) is 0 Å². The molecule has 2 heterocycles. The van der Waals surface area contributed by atoms with Gasteiger partial charge < -0.3 is 4.90 Å². The minimum absolute atomic E-state index is 0.0555. The maximum absolute atomic E-state index is 12.8. The topological polar surface area (TPSA) is 87.1 Å². The van der Waals surface area contributed by atoms with Crippen LogP contribution in [-0.4, -0.2) is 66.5 Å². The van der Waals surface area contributed by atoms with E-state index >= 15 is 0 Å². The second-order valence-electron chi connectivity index (χ2n) is 7.67. The Balaban J connectivity index is 1.71. The van der Waals surface area contributed by atoms with E-state index in [0.29, 0.717) is 24.5 Å². The fourth-order valence-corrected chi connectivity index (χ4v) is 5.67. The number of hydrogen-bond acceptors (Lipinski definition) is 5.